The van der Waals surface area contributed by atoms with Crippen molar-refractivity contribution < 1.29 is 37.0 Å². The molecule has 1 N–H and O–H groups in total. The molecule has 0 radical (unpaired) electrons. The zero-order valence-electron chi connectivity index (χ0n) is 23.8. The molecule has 2 saturated heterocycles. The van der Waals surface area contributed by atoms with Gasteiger partial charge in [0.15, 0.2) is 0 Å². The third kappa shape index (κ3) is 5.68. The number of amides is 3. The Bertz CT molecular complexity index is 1520. The van der Waals surface area contributed by atoms with Crippen molar-refractivity contribution in [3.8, 4) is 6.07 Å². The van der Waals surface area contributed by atoms with Gasteiger partial charge in [-0.1, -0.05) is 12.1 Å². The normalized spacial score (nSPS) is 22.4. The summed E-state index contributed by atoms with van der Waals surface area (Å²) in [6.45, 7) is 4.63. The first-order valence-electron chi connectivity index (χ1n) is 13.7. The van der Waals surface area contributed by atoms with E-state index in [0.29, 0.717) is 26.3 Å². The number of allylic oxidation sites excluding steroid dienone is 1. The van der Waals surface area contributed by atoms with E-state index in [0.717, 1.165) is 17.0 Å². The molecule has 0 aliphatic carbocycles. The van der Waals surface area contributed by atoms with E-state index in [1.807, 2.05) is 6.07 Å². The largest absolute Gasteiger partial charge is 0.463 e. The van der Waals surface area contributed by atoms with Crippen LogP contribution in [0.25, 0.3) is 0 Å². The molecule has 3 aliphatic heterocycles. The van der Waals surface area contributed by atoms with Gasteiger partial charge in [-0.05, 0) is 49.7 Å². The summed E-state index contributed by atoms with van der Waals surface area (Å²) in [5.41, 5.74) is -0.389. The lowest BCUT2D eigenvalue weighted by Crippen LogP contribution is -2.63. The topological polar surface area (TPSA) is 115 Å². The summed E-state index contributed by atoms with van der Waals surface area (Å²) in [6, 6.07) is 8.73. The number of alkyl halides is 3. The molecule has 13 heteroatoms. The fourth-order valence-corrected chi connectivity index (χ4v) is 5.87. The summed E-state index contributed by atoms with van der Waals surface area (Å²) in [5.74, 6) is -1.18. The van der Waals surface area contributed by atoms with Crippen LogP contribution in [0, 0.1) is 11.3 Å². The molecule has 0 saturated carbocycles. The smallest absolute Gasteiger partial charge is 0.416 e. The van der Waals surface area contributed by atoms with Gasteiger partial charge in [0.05, 0.1) is 54.3 Å². The van der Waals surface area contributed by atoms with Crippen LogP contribution in [0.5, 0.6) is 0 Å². The van der Waals surface area contributed by atoms with E-state index in [4.69, 9.17) is 9.47 Å². The average Bonchev–Trinajstić information content (AvgIpc) is 2.98. The summed E-state index contributed by atoms with van der Waals surface area (Å²) in [7, 11) is 1.40. The lowest BCUT2D eigenvalue weighted by Gasteiger charge is -2.43. The highest BCUT2D eigenvalue weighted by Gasteiger charge is 2.44. The van der Waals surface area contributed by atoms with Crippen LogP contribution in [-0.2, 0) is 20.4 Å². The van der Waals surface area contributed by atoms with Crippen LogP contribution in [0.4, 0.5) is 23.7 Å². The number of carbonyl (C=O) groups is 3. The van der Waals surface area contributed by atoms with E-state index in [1.165, 1.54) is 49.2 Å². The first-order valence-corrected chi connectivity index (χ1v) is 13.7. The fourth-order valence-electron chi connectivity index (χ4n) is 5.87. The highest BCUT2D eigenvalue weighted by molar-refractivity contribution is 6.04. The number of nitrogens with zero attached hydrogens (tertiary/aromatic N) is 4. The zero-order chi connectivity index (χ0) is 31.1. The van der Waals surface area contributed by atoms with Gasteiger partial charge in [0, 0.05) is 43.5 Å². The van der Waals surface area contributed by atoms with Crippen molar-refractivity contribution in [3.63, 3.8) is 0 Å². The molecule has 3 atom stereocenters. The molecule has 3 amide bonds. The van der Waals surface area contributed by atoms with Gasteiger partial charge in [-0.25, -0.2) is 9.59 Å². The van der Waals surface area contributed by atoms with E-state index in [9.17, 15) is 32.8 Å². The number of anilines is 1. The molecule has 2 aromatic rings. The maximum absolute atomic E-state index is 14.0. The van der Waals surface area contributed by atoms with Crippen molar-refractivity contribution >= 4 is 23.6 Å². The van der Waals surface area contributed by atoms with Crippen LogP contribution in [0.1, 0.15) is 46.9 Å². The minimum Gasteiger partial charge on any atom is -0.463 e. The first kappa shape index (κ1) is 30.1. The number of halogens is 3. The van der Waals surface area contributed by atoms with Gasteiger partial charge in [-0.15, -0.1) is 0 Å². The maximum atomic E-state index is 14.0. The Balaban J connectivity index is 1.64. The first-order chi connectivity index (χ1) is 20.4. The molecule has 3 aliphatic rings. The Morgan fingerprint density at radius 3 is 2.47 bits per heavy atom. The van der Waals surface area contributed by atoms with E-state index >= 15 is 0 Å². The van der Waals surface area contributed by atoms with Gasteiger partial charge in [-0.2, -0.15) is 18.4 Å². The standard InChI is InChI=1S/C30H30F3N5O5/c1-4-43-28(40)25-17(2)38(22-7-5-6-19(11-22)30(31,32)33)29(41)36(3)26(25)23-9-8-18(12-34)10-24(23)27(39)37-13-20-15-42-16-21(14-37)35-20/h5-11,20-21,26,35H,4,13-16H2,1-3H3. The number of ether oxygens (including phenoxy) is 2. The van der Waals surface area contributed by atoms with Gasteiger partial charge < -0.3 is 24.6 Å². The van der Waals surface area contributed by atoms with Crippen LogP contribution in [-0.4, -0.2) is 79.7 Å². The predicted octanol–water partition coefficient (Wildman–Crippen LogP) is 3.84. The van der Waals surface area contributed by atoms with Crippen LogP contribution in [0.15, 0.2) is 53.7 Å². The zero-order valence-corrected chi connectivity index (χ0v) is 23.8. The molecule has 0 aromatic heterocycles. The Labute approximate surface area is 246 Å². The number of piperazine rings is 1. The molecule has 2 fully saturated rings. The number of fused-ring (bicyclic) bond motifs is 2. The van der Waals surface area contributed by atoms with Gasteiger partial charge in [-0.3, -0.25) is 9.69 Å². The maximum Gasteiger partial charge on any atom is 0.416 e. The third-order valence-corrected chi connectivity index (χ3v) is 7.79. The molecule has 3 unspecified atom stereocenters. The van der Waals surface area contributed by atoms with Crippen molar-refractivity contribution in [2.75, 3.05) is 44.9 Å². The number of esters is 1. The summed E-state index contributed by atoms with van der Waals surface area (Å²) < 4.78 is 51.5. The molecule has 2 bridgehead atoms. The average molecular weight is 598 g/mol. The van der Waals surface area contributed by atoms with E-state index in [2.05, 4.69) is 5.32 Å². The number of carbonyl (C=O) groups excluding carboxylic acids is 3. The van der Waals surface area contributed by atoms with Gasteiger partial charge >= 0.3 is 18.2 Å². The minimum absolute atomic E-state index is 0.00562. The monoisotopic (exact) mass is 597 g/mol. The SMILES string of the molecule is CCOC(=O)C1=C(C)N(c2cccc(C(F)(F)F)c2)C(=O)N(C)C1c1ccc(C#N)cc1C(=O)N1CC2COCC(C1)N2. The van der Waals surface area contributed by atoms with Crippen molar-refractivity contribution in [1.82, 2.24) is 15.1 Å². The summed E-state index contributed by atoms with van der Waals surface area (Å²) in [6.07, 6.45) is -4.66. The number of urea groups is 1. The van der Waals surface area contributed by atoms with Crippen LogP contribution in [0.3, 0.4) is 0 Å². The Morgan fingerprint density at radius 1 is 1.14 bits per heavy atom. The molecule has 0 spiro atoms. The van der Waals surface area contributed by atoms with Crippen molar-refractivity contribution in [3.05, 3.63) is 76.0 Å². The quantitative estimate of drug-likeness (QED) is 0.521. The third-order valence-electron chi connectivity index (χ3n) is 7.79. The second kappa shape index (κ2) is 11.7. The fraction of sp³-hybridized carbons (Fsp3) is 0.400. The molecular weight excluding hydrogens is 567 g/mol. The Kier molecular flexibility index (Phi) is 8.18. The van der Waals surface area contributed by atoms with Crippen LogP contribution in [0.2, 0.25) is 0 Å². The number of likely N-dealkylation sites (N-methyl/N-ethyl adjacent to an activating group) is 1. The van der Waals surface area contributed by atoms with Gasteiger partial charge in [0.25, 0.3) is 5.91 Å². The number of nitriles is 1. The molecule has 10 nitrogen and oxygen atoms in total. The van der Waals surface area contributed by atoms with Crippen molar-refractivity contribution in [2.45, 2.75) is 38.1 Å². The van der Waals surface area contributed by atoms with Gasteiger partial charge in [0.2, 0.25) is 0 Å². The number of nitrogens with one attached hydrogen (secondary N) is 1. The molecule has 5 rings (SSSR count). The lowest BCUT2D eigenvalue weighted by atomic mass is 9.88. The highest BCUT2D eigenvalue weighted by atomic mass is 19.4. The molecule has 3 heterocycles. The summed E-state index contributed by atoms with van der Waals surface area (Å²) in [5, 5.41) is 13.0. The number of benzene rings is 2. The van der Waals surface area contributed by atoms with E-state index < -0.39 is 29.8 Å². The Hall–Kier alpha value is -4.41. The lowest BCUT2D eigenvalue weighted by molar-refractivity contribution is -0.139. The molecule has 2 aromatic carbocycles. The highest BCUT2D eigenvalue weighted by Crippen LogP contribution is 2.42. The predicted molar refractivity (Wildman–Crippen MR) is 148 cm³/mol. The van der Waals surface area contributed by atoms with Gasteiger partial charge in [0.1, 0.15) is 0 Å². The Morgan fingerprint density at radius 2 is 1.84 bits per heavy atom. The summed E-state index contributed by atoms with van der Waals surface area (Å²) >= 11 is 0. The second-order valence-corrected chi connectivity index (χ2v) is 10.6. The second-order valence-electron chi connectivity index (χ2n) is 10.6. The number of hydrogen-bond donors (Lipinski definition) is 1. The summed E-state index contributed by atoms with van der Waals surface area (Å²) in [4.78, 5) is 45.3. The van der Waals surface area contributed by atoms with Crippen LogP contribution >= 0.6 is 0 Å². The van der Waals surface area contributed by atoms with Crippen molar-refractivity contribution in [2.24, 2.45) is 0 Å². The molecule has 43 heavy (non-hydrogen) atoms. The van der Waals surface area contributed by atoms with E-state index in [1.54, 1.807) is 11.8 Å². The molecule has 226 valence electrons. The number of morpholine rings is 1. The minimum atomic E-state index is -4.66. The van der Waals surface area contributed by atoms with Crippen LogP contribution < -0.4 is 10.2 Å². The van der Waals surface area contributed by atoms with E-state index in [-0.39, 0.29) is 58.2 Å². The number of hydrogen-bond acceptors (Lipinski definition) is 7. The van der Waals surface area contributed by atoms with Crippen molar-refractivity contribution in [1.29, 1.82) is 5.26 Å². The number of rotatable bonds is 5. The molecular formula is C30H30F3N5O5.